The predicted octanol–water partition coefficient (Wildman–Crippen LogP) is 6.36. The number of hydrogen-bond acceptors (Lipinski definition) is 0. The van der Waals surface area contributed by atoms with E-state index in [9.17, 15) is 8.78 Å². The van der Waals surface area contributed by atoms with E-state index in [0.717, 1.165) is 23.8 Å². The molecule has 0 heterocycles. The summed E-state index contributed by atoms with van der Waals surface area (Å²) in [6, 6.07) is 4.05. The van der Waals surface area contributed by atoms with E-state index in [1.807, 2.05) is 6.08 Å². The lowest BCUT2D eigenvalue weighted by molar-refractivity contribution is 0.253. The van der Waals surface area contributed by atoms with Gasteiger partial charge in [-0.2, -0.15) is 0 Å². The fraction of sp³-hybridized carbons (Fsp3) is 0.579. The second-order valence-electron chi connectivity index (χ2n) is 6.33. The van der Waals surface area contributed by atoms with Gasteiger partial charge in [-0.1, -0.05) is 63.7 Å². The Labute approximate surface area is 127 Å². The van der Waals surface area contributed by atoms with Gasteiger partial charge in [0.2, 0.25) is 0 Å². The highest BCUT2D eigenvalue weighted by atomic mass is 19.2. The van der Waals surface area contributed by atoms with Crippen molar-refractivity contribution in [1.82, 2.24) is 0 Å². The Hall–Kier alpha value is -1.18. The zero-order chi connectivity index (χ0) is 15.1. The minimum Gasteiger partial charge on any atom is -0.204 e. The molecule has 0 bridgehead atoms. The predicted molar refractivity (Wildman–Crippen MR) is 85.0 cm³/mol. The number of halogens is 2. The maximum atomic E-state index is 13.1. The zero-order valence-electron chi connectivity index (χ0n) is 13.0. The Morgan fingerprint density at radius 2 is 1.67 bits per heavy atom. The number of hydrogen-bond donors (Lipinski definition) is 0. The minimum atomic E-state index is -0.781. The van der Waals surface area contributed by atoms with Gasteiger partial charge in [0.1, 0.15) is 0 Å². The summed E-state index contributed by atoms with van der Waals surface area (Å²) >= 11 is 0. The van der Waals surface area contributed by atoms with Crippen LogP contribution in [0.5, 0.6) is 0 Å². The van der Waals surface area contributed by atoms with Gasteiger partial charge in [0.15, 0.2) is 11.6 Å². The van der Waals surface area contributed by atoms with Crippen molar-refractivity contribution in [1.29, 1.82) is 0 Å². The molecule has 1 fully saturated rings. The maximum Gasteiger partial charge on any atom is 0.159 e. The van der Waals surface area contributed by atoms with E-state index in [4.69, 9.17) is 0 Å². The third-order valence-electron chi connectivity index (χ3n) is 4.66. The average molecular weight is 292 g/mol. The smallest absolute Gasteiger partial charge is 0.159 e. The highest BCUT2D eigenvalue weighted by Crippen LogP contribution is 2.33. The van der Waals surface area contributed by atoms with Crippen molar-refractivity contribution in [2.24, 2.45) is 11.8 Å². The maximum absolute atomic E-state index is 13.1. The van der Waals surface area contributed by atoms with E-state index >= 15 is 0 Å². The third kappa shape index (κ3) is 5.26. The van der Waals surface area contributed by atoms with Gasteiger partial charge in [0.25, 0.3) is 0 Å². The molecule has 0 aliphatic heterocycles. The first-order chi connectivity index (χ1) is 10.2. The number of benzene rings is 1. The summed E-state index contributed by atoms with van der Waals surface area (Å²) < 4.78 is 25.9. The summed E-state index contributed by atoms with van der Waals surface area (Å²) in [7, 11) is 0. The van der Waals surface area contributed by atoms with Crippen LogP contribution in [0.1, 0.15) is 63.9 Å². The van der Waals surface area contributed by atoms with E-state index in [2.05, 4.69) is 13.0 Å². The fourth-order valence-electron chi connectivity index (χ4n) is 3.38. The summed E-state index contributed by atoms with van der Waals surface area (Å²) in [5.74, 6) is 0.263. The van der Waals surface area contributed by atoms with Gasteiger partial charge in [-0.15, -0.1) is 0 Å². The topological polar surface area (TPSA) is 0 Å². The molecular formula is C19H26F2. The van der Waals surface area contributed by atoms with Crippen LogP contribution >= 0.6 is 0 Å². The molecule has 1 aromatic rings. The van der Waals surface area contributed by atoms with Crippen LogP contribution in [-0.2, 0) is 0 Å². The first-order valence-electron chi connectivity index (χ1n) is 8.30. The van der Waals surface area contributed by atoms with E-state index < -0.39 is 11.6 Å². The van der Waals surface area contributed by atoms with Crippen LogP contribution in [0.25, 0.3) is 6.08 Å². The quantitative estimate of drug-likeness (QED) is 0.572. The molecule has 0 amide bonds. The lowest BCUT2D eigenvalue weighted by atomic mass is 9.78. The van der Waals surface area contributed by atoms with Crippen LogP contribution in [0.2, 0.25) is 0 Å². The molecular weight excluding hydrogens is 266 g/mol. The van der Waals surface area contributed by atoms with Crippen molar-refractivity contribution < 1.29 is 8.78 Å². The van der Waals surface area contributed by atoms with Gasteiger partial charge in [-0.25, -0.2) is 8.78 Å². The molecule has 0 aromatic heterocycles. The van der Waals surface area contributed by atoms with Gasteiger partial charge < -0.3 is 0 Å². The first kappa shape index (κ1) is 16.2. The molecule has 0 N–H and O–H groups in total. The standard InChI is InChI=1S/C19H26F2/c1-2-5-15-8-10-16(11-9-15)6-3-4-7-17-12-13-18(20)19(21)14-17/h4,7,12-16H,2-3,5-6,8-11H2,1H3. The molecule has 0 spiro atoms. The molecule has 1 aliphatic carbocycles. The van der Waals surface area contributed by atoms with Crippen LogP contribution < -0.4 is 0 Å². The SMILES string of the molecule is CCCC1CCC(CCC=Cc2ccc(F)c(F)c2)CC1. The molecule has 0 nitrogen and oxygen atoms in total. The largest absolute Gasteiger partial charge is 0.204 e. The van der Waals surface area contributed by atoms with E-state index in [1.54, 1.807) is 6.07 Å². The van der Waals surface area contributed by atoms with E-state index in [1.165, 1.54) is 57.1 Å². The van der Waals surface area contributed by atoms with Gasteiger partial charge >= 0.3 is 0 Å². The lowest BCUT2D eigenvalue weighted by Crippen LogP contribution is -2.14. The molecule has 0 saturated heterocycles. The molecule has 0 atom stereocenters. The molecule has 0 radical (unpaired) electrons. The Kier molecular flexibility index (Phi) is 6.41. The summed E-state index contributed by atoms with van der Waals surface area (Å²) in [5.41, 5.74) is 0.737. The molecule has 2 heteroatoms. The van der Waals surface area contributed by atoms with Crippen molar-refractivity contribution >= 4 is 6.08 Å². The first-order valence-corrected chi connectivity index (χ1v) is 8.30. The second kappa shape index (κ2) is 8.31. The van der Waals surface area contributed by atoms with Crippen LogP contribution in [0.15, 0.2) is 24.3 Å². The molecule has 0 unspecified atom stereocenters. The Bertz CT molecular complexity index is 457. The van der Waals surface area contributed by atoms with Crippen molar-refractivity contribution in [3.8, 4) is 0 Å². The monoisotopic (exact) mass is 292 g/mol. The van der Waals surface area contributed by atoms with E-state index in [-0.39, 0.29) is 0 Å². The van der Waals surface area contributed by atoms with Crippen LogP contribution in [0.4, 0.5) is 8.78 Å². The normalized spacial score (nSPS) is 22.8. The molecule has 2 rings (SSSR count). The van der Waals surface area contributed by atoms with Crippen LogP contribution in [-0.4, -0.2) is 0 Å². The number of allylic oxidation sites excluding steroid dienone is 1. The summed E-state index contributed by atoms with van der Waals surface area (Å²) in [5, 5.41) is 0. The van der Waals surface area contributed by atoms with Gasteiger partial charge in [-0.05, 0) is 42.4 Å². The minimum absolute atomic E-state index is 0.737. The Balaban J connectivity index is 1.70. The van der Waals surface area contributed by atoms with E-state index in [0.29, 0.717) is 0 Å². The van der Waals surface area contributed by atoms with Crippen LogP contribution in [0.3, 0.4) is 0 Å². The molecule has 1 aliphatic rings. The average Bonchev–Trinajstić information content (AvgIpc) is 2.49. The number of rotatable bonds is 6. The molecule has 116 valence electrons. The van der Waals surface area contributed by atoms with Gasteiger partial charge in [0, 0.05) is 0 Å². The fourth-order valence-corrected chi connectivity index (χ4v) is 3.38. The Morgan fingerprint density at radius 1 is 1.00 bits per heavy atom. The summed E-state index contributed by atoms with van der Waals surface area (Å²) in [4.78, 5) is 0. The third-order valence-corrected chi connectivity index (χ3v) is 4.66. The van der Waals surface area contributed by atoms with Crippen molar-refractivity contribution in [3.63, 3.8) is 0 Å². The Morgan fingerprint density at radius 3 is 2.29 bits per heavy atom. The molecule has 1 saturated carbocycles. The molecule has 21 heavy (non-hydrogen) atoms. The van der Waals surface area contributed by atoms with Gasteiger partial charge in [-0.3, -0.25) is 0 Å². The molecule has 1 aromatic carbocycles. The summed E-state index contributed by atoms with van der Waals surface area (Å²) in [6.45, 7) is 2.27. The van der Waals surface area contributed by atoms with Crippen LogP contribution in [0, 0.1) is 23.5 Å². The lowest BCUT2D eigenvalue weighted by Gasteiger charge is -2.28. The summed E-state index contributed by atoms with van der Waals surface area (Å²) in [6.07, 6.45) is 14.5. The highest BCUT2D eigenvalue weighted by Gasteiger charge is 2.19. The van der Waals surface area contributed by atoms with Crippen molar-refractivity contribution in [2.45, 2.75) is 58.3 Å². The van der Waals surface area contributed by atoms with Crippen molar-refractivity contribution in [3.05, 3.63) is 41.5 Å². The van der Waals surface area contributed by atoms with Crippen molar-refractivity contribution in [2.75, 3.05) is 0 Å². The zero-order valence-corrected chi connectivity index (χ0v) is 13.0. The second-order valence-corrected chi connectivity index (χ2v) is 6.33. The highest BCUT2D eigenvalue weighted by molar-refractivity contribution is 5.48. The van der Waals surface area contributed by atoms with Gasteiger partial charge in [0.05, 0.1) is 0 Å².